The molecule has 0 fully saturated rings. The van der Waals surface area contributed by atoms with Crippen LogP contribution in [0.4, 0.5) is 11.4 Å². The number of non-ortho nitro benzene ring substituents is 1. The Bertz CT molecular complexity index is 1210. The number of rotatable bonds is 9. The van der Waals surface area contributed by atoms with Gasteiger partial charge in [0.2, 0.25) is 11.7 Å². The smallest absolute Gasteiger partial charge is 0.318 e. The van der Waals surface area contributed by atoms with E-state index in [0.29, 0.717) is 5.56 Å². The number of nitro groups is 2. The summed E-state index contributed by atoms with van der Waals surface area (Å²) in [6.45, 7) is 0. The Hall–Kier alpha value is -4.80. The van der Waals surface area contributed by atoms with Crippen LogP contribution in [0.15, 0.2) is 71.8 Å². The molecule has 33 heavy (non-hydrogen) atoms. The Kier molecular flexibility index (Phi) is 7.27. The molecule has 0 aliphatic heterocycles. The van der Waals surface area contributed by atoms with E-state index in [1.165, 1.54) is 19.4 Å². The molecule has 0 atom stereocenters. The lowest BCUT2D eigenvalue weighted by molar-refractivity contribution is -0.394. The van der Waals surface area contributed by atoms with Crippen molar-refractivity contribution in [2.75, 3.05) is 7.11 Å². The van der Waals surface area contributed by atoms with Crippen molar-refractivity contribution in [2.24, 2.45) is 5.10 Å². The number of benzene rings is 3. The van der Waals surface area contributed by atoms with E-state index in [2.05, 4.69) is 10.5 Å². The average Bonchev–Trinajstić information content (AvgIpc) is 2.80. The zero-order valence-corrected chi connectivity index (χ0v) is 17.3. The van der Waals surface area contributed by atoms with E-state index in [-0.39, 0.29) is 29.6 Å². The van der Waals surface area contributed by atoms with Crippen LogP contribution >= 0.6 is 0 Å². The summed E-state index contributed by atoms with van der Waals surface area (Å²) in [6, 6.07) is 16.9. The van der Waals surface area contributed by atoms with Crippen LogP contribution in [-0.2, 0) is 11.2 Å². The second-order valence-electron chi connectivity index (χ2n) is 6.63. The van der Waals surface area contributed by atoms with Gasteiger partial charge in [-0.2, -0.15) is 5.10 Å². The van der Waals surface area contributed by atoms with E-state index in [9.17, 15) is 25.0 Å². The molecule has 11 nitrogen and oxygen atoms in total. The summed E-state index contributed by atoms with van der Waals surface area (Å²) >= 11 is 0. The van der Waals surface area contributed by atoms with Gasteiger partial charge in [-0.25, -0.2) is 5.43 Å². The number of amides is 1. The topological polar surface area (TPSA) is 146 Å². The fraction of sp³-hybridized carbons (Fsp3) is 0.0909. The summed E-state index contributed by atoms with van der Waals surface area (Å²) in [7, 11) is 1.38. The quantitative estimate of drug-likeness (QED) is 0.294. The highest BCUT2D eigenvalue weighted by Crippen LogP contribution is 2.38. The zero-order valence-electron chi connectivity index (χ0n) is 17.3. The van der Waals surface area contributed by atoms with Crippen LogP contribution in [0.2, 0.25) is 0 Å². The lowest BCUT2D eigenvalue weighted by atomic mass is 10.1. The Balaban J connectivity index is 1.72. The monoisotopic (exact) mass is 450 g/mol. The molecule has 0 saturated carbocycles. The summed E-state index contributed by atoms with van der Waals surface area (Å²) < 4.78 is 10.9. The van der Waals surface area contributed by atoms with Crippen LogP contribution in [0.25, 0.3) is 0 Å². The van der Waals surface area contributed by atoms with Crippen LogP contribution in [0, 0.1) is 20.2 Å². The molecule has 1 N–H and O–H groups in total. The normalized spacial score (nSPS) is 10.6. The Morgan fingerprint density at radius 1 is 0.970 bits per heavy atom. The molecule has 3 rings (SSSR count). The standard InChI is InChI=1S/C22H18N4O7/c1-32-21-11-16(14-23-24-22(27)12-15-5-3-2-4-6-15)7-9-20(21)33-19-10-8-17(25(28)29)13-18(19)26(30)31/h2-11,13-14H,12H2,1H3,(H,24,27)/b23-14-. The minimum absolute atomic E-state index is 0.153. The van der Waals surface area contributed by atoms with Crippen molar-refractivity contribution in [2.45, 2.75) is 6.42 Å². The number of hydrogen-bond donors (Lipinski definition) is 1. The summed E-state index contributed by atoms with van der Waals surface area (Å²) in [5.41, 5.74) is 2.87. The molecule has 1 amide bonds. The average molecular weight is 450 g/mol. The number of nitrogens with zero attached hydrogens (tertiary/aromatic N) is 3. The highest BCUT2D eigenvalue weighted by atomic mass is 16.6. The largest absolute Gasteiger partial charge is 0.493 e. The summed E-state index contributed by atoms with van der Waals surface area (Å²) in [6.07, 6.45) is 1.59. The van der Waals surface area contributed by atoms with Crippen molar-refractivity contribution in [1.82, 2.24) is 5.43 Å². The van der Waals surface area contributed by atoms with Gasteiger partial charge in [0.25, 0.3) is 5.69 Å². The molecule has 0 unspecified atom stereocenters. The Morgan fingerprint density at radius 2 is 1.70 bits per heavy atom. The highest BCUT2D eigenvalue weighted by molar-refractivity contribution is 5.84. The summed E-state index contributed by atoms with van der Waals surface area (Å²) in [5, 5.41) is 26.1. The van der Waals surface area contributed by atoms with Crippen molar-refractivity contribution in [1.29, 1.82) is 0 Å². The molecule has 0 spiro atoms. The predicted octanol–water partition coefficient (Wildman–Crippen LogP) is 4.00. The van der Waals surface area contributed by atoms with Crippen LogP contribution in [0.1, 0.15) is 11.1 Å². The lowest BCUT2D eigenvalue weighted by Crippen LogP contribution is -2.19. The first kappa shape index (κ1) is 22.9. The zero-order chi connectivity index (χ0) is 23.8. The van der Waals surface area contributed by atoms with Crippen molar-refractivity contribution in [3.8, 4) is 17.2 Å². The molecule has 168 valence electrons. The molecule has 0 heterocycles. The molecule has 0 radical (unpaired) electrons. The van der Waals surface area contributed by atoms with Crippen molar-refractivity contribution < 1.29 is 24.1 Å². The molecule has 3 aromatic rings. The van der Waals surface area contributed by atoms with Gasteiger partial charge < -0.3 is 9.47 Å². The summed E-state index contributed by atoms with van der Waals surface area (Å²) in [5.74, 6) is -0.0738. The second kappa shape index (κ2) is 10.5. The Labute approximate surface area is 187 Å². The first-order valence-corrected chi connectivity index (χ1v) is 9.52. The van der Waals surface area contributed by atoms with Crippen LogP contribution in [0.3, 0.4) is 0 Å². The molecule has 0 aliphatic rings. The molecule has 0 saturated heterocycles. The van der Waals surface area contributed by atoms with Gasteiger partial charge in [-0.1, -0.05) is 30.3 Å². The van der Waals surface area contributed by atoms with Crippen molar-refractivity contribution in [3.05, 3.63) is 98.1 Å². The number of nitro benzene ring substituents is 2. The van der Waals surface area contributed by atoms with Crippen LogP contribution in [0.5, 0.6) is 17.2 Å². The fourth-order valence-corrected chi connectivity index (χ4v) is 2.82. The van der Waals surface area contributed by atoms with Gasteiger partial charge >= 0.3 is 5.69 Å². The third-order valence-electron chi connectivity index (χ3n) is 4.37. The van der Waals surface area contributed by atoms with E-state index in [1.54, 1.807) is 12.1 Å². The minimum atomic E-state index is -0.770. The van der Waals surface area contributed by atoms with Gasteiger partial charge in [0.1, 0.15) is 0 Å². The molecule has 3 aromatic carbocycles. The maximum atomic E-state index is 12.0. The predicted molar refractivity (Wildman–Crippen MR) is 119 cm³/mol. The Morgan fingerprint density at radius 3 is 2.36 bits per heavy atom. The third-order valence-corrected chi connectivity index (χ3v) is 4.37. The number of hydrazone groups is 1. The third kappa shape index (κ3) is 6.10. The van der Waals surface area contributed by atoms with Gasteiger partial charge in [0, 0.05) is 6.07 Å². The number of carbonyl (C=O) groups excluding carboxylic acids is 1. The number of nitrogens with one attached hydrogen (secondary N) is 1. The summed E-state index contributed by atoms with van der Waals surface area (Å²) in [4.78, 5) is 32.7. The van der Waals surface area contributed by atoms with Gasteiger partial charge in [0.05, 0.1) is 35.7 Å². The van der Waals surface area contributed by atoms with E-state index in [1.807, 2.05) is 30.3 Å². The maximum Gasteiger partial charge on any atom is 0.318 e. The lowest BCUT2D eigenvalue weighted by Gasteiger charge is -2.11. The van der Waals surface area contributed by atoms with Gasteiger partial charge in [0.15, 0.2) is 11.5 Å². The van der Waals surface area contributed by atoms with Crippen molar-refractivity contribution >= 4 is 23.5 Å². The van der Waals surface area contributed by atoms with Crippen LogP contribution < -0.4 is 14.9 Å². The van der Waals surface area contributed by atoms with E-state index in [4.69, 9.17) is 9.47 Å². The number of methoxy groups -OCH3 is 1. The molecule has 0 bridgehead atoms. The second-order valence-corrected chi connectivity index (χ2v) is 6.63. The molecular formula is C22H18N4O7. The first-order valence-electron chi connectivity index (χ1n) is 9.52. The van der Waals surface area contributed by atoms with E-state index >= 15 is 0 Å². The van der Waals surface area contributed by atoms with Gasteiger partial charge in [-0.05, 0) is 35.4 Å². The van der Waals surface area contributed by atoms with Crippen LogP contribution in [-0.4, -0.2) is 29.1 Å². The molecule has 11 heteroatoms. The number of carbonyl (C=O) groups is 1. The van der Waals surface area contributed by atoms with Gasteiger partial charge in [-0.15, -0.1) is 0 Å². The van der Waals surface area contributed by atoms with E-state index < -0.39 is 21.2 Å². The highest BCUT2D eigenvalue weighted by Gasteiger charge is 2.22. The fourth-order valence-electron chi connectivity index (χ4n) is 2.82. The maximum absolute atomic E-state index is 12.0. The molecule has 0 aliphatic carbocycles. The van der Waals surface area contributed by atoms with Gasteiger partial charge in [-0.3, -0.25) is 25.0 Å². The number of ether oxygens (including phenoxy) is 2. The first-order chi connectivity index (χ1) is 15.9. The molecule has 0 aromatic heterocycles. The SMILES string of the molecule is COc1cc(/C=N\NC(=O)Cc2ccccc2)ccc1Oc1ccc([N+](=O)[O-])cc1[N+](=O)[O-]. The number of hydrogen-bond acceptors (Lipinski definition) is 8. The molecular weight excluding hydrogens is 432 g/mol. The van der Waals surface area contributed by atoms with Crippen molar-refractivity contribution in [3.63, 3.8) is 0 Å². The van der Waals surface area contributed by atoms with E-state index in [0.717, 1.165) is 23.8 Å². The minimum Gasteiger partial charge on any atom is -0.493 e.